The molecule has 0 spiro atoms. The molecule has 0 aliphatic heterocycles. The molecule has 1 aliphatic rings. The second kappa shape index (κ2) is 9.90. The molecule has 8 heteroatoms. The first-order chi connectivity index (χ1) is 14.2. The van der Waals surface area contributed by atoms with Gasteiger partial charge < -0.3 is 5.32 Å². The SMILES string of the molecule is CS(=O)(=O)c1ccc(Cl)c(NC(=O)CN(Cc2ccc(F)cc2)C2CCCCC2)c1. The minimum absolute atomic E-state index is 0.0950. The van der Waals surface area contributed by atoms with E-state index >= 15 is 0 Å². The molecule has 162 valence electrons. The van der Waals surface area contributed by atoms with Crippen molar-refractivity contribution in [3.8, 4) is 0 Å². The Hall–Kier alpha value is -1.96. The first kappa shape index (κ1) is 22.7. The Labute approximate surface area is 182 Å². The molecule has 0 radical (unpaired) electrons. The van der Waals surface area contributed by atoms with Crippen LogP contribution in [0.25, 0.3) is 0 Å². The third kappa shape index (κ3) is 6.27. The maximum Gasteiger partial charge on any atom is 0.238 e. The quantitative estimate of drug-likeness (QED) is 0.663. The molecule has 0 aromatic heterocycles. The number of halogens is 2. The zero-order valence-electron chi connectivity index (χ0n) is 16.9. The summed E-state index contributed by atoms with van der Waals surface area (Å²) in [4.78, 5) is 15.0. The highest BCUT2D eigenvalue weighted by atomic mass is 35.5. The van der Waals surface area contributed by atoms with Crippen LogP contribution in [0.5, 0.6) is 0 Å². The van der Waals surface area contributed by atoms with Crippen LogP contribution in [-0.4, -0.2) is 38.1 Å². The van der Waals surface area contributed by atoms with E-state index in [9.17, 15) is 17.6 Å². The van der Waals surface area contributed by atoms with Crippen molar-refractivity contribution in [1.29, 1.82) is 0 Å². The lowest BCUT2D eigenvalue weighted by Crippen LogP contribution is -2.41. The first-order valence-electron chi connectivity index (χ1n) is 10.0. The lowest BCUT2D eigenvalue weighted by atomic mass is 9.93. The molecule has 30 heavy (non-hydrogen) atoms. The van der Waals surface area contributed by atoms with Gasteiger partial charge in [0.1, 0.15) is 5.82 Å². The Bertz CT molecular complexity index is 990. The molecule has 1 N–H and O–H groups in total. The molecular weight excluding hydrogens is 427 g/mol. The zero-order valence-corrected chi connectivity index (χ0v) is 18.5. The van der Waals surface area contributed by atoms with Crippen LogP contribution in [0.1, 0.15) is 37.7 Å². The van der Waals surface area contributed by atoms with Crippen LogP contribution in [0.2, 0.25) is 5.02 Å². The minimum atomic E-state index is -3.41. The smallest absolute Gasteiger partial charge is 0.238 e. The van der Waals surface area contributed by atoms with Crippen LogP contribution < -0.4 is 5.32 Å². The number of carbonyl (C=O) groups excluding carboxylic acids is 1. The van der Waals surface area contributed by atoms with Gasteiger partial charge in [-0.2, -0.15) is 0 Å². The highest BCUT2D eigenvalue weighted by Crippen LogP contribution is 2.27. The van der Waals surface area contributed by atoms with Gasteiger partial charge in [-0.25, -0.2) is 12.8 Å². The van der Waals surface area contributed by atoms with E-state index < -0.39 is 9.84 Å². The van der Waals surface area contributed by atoms with Crippen molar-refractivity contribution in [2.75, 3.05) is 18.1 Å². The summed E-state index contributed by atoms with van der Waals surface area (Å²) < 4.78 is 36.9. The fourth-order valence-corrected chi connectivity index (χ4v) is 4.60. The van der Waals surface area contributed by atoms with Crippen molar-refractivity contribution >= 4 is 33.0 Å². The fourth-order valence-electron chi connectivity index (χ4n) is 3.79. The van der Waals surface area contributed by atoms with Gasteiger partial charge in [-0.15, -0.1) is 0 Å². The van der Waals surface area contributed by atoms with Gasteiger partial charge in [0, 0.05) is 18.8 Å². The molecule has 2 aromatic carbocycles. The van der Waals surface area contributed by atoms with Crippen LogP contribution >= 0.6 is 11.6 Å². The van der Waals surface area contributed by atoms with Gasteiger partial charge in [-0.05, 0) is 48.7 Å². The monoisotopic (exact) mass is 452 g/mol. The third-order valence-electron chi connectivity index (χ3n) is 5.38. The largest absolute Gasteiger partial charge is 0.324 e. The number of amides is 1. The molecule has 0 bridgehead atoms. The molecular formula is C22H26ClFN2O3S. The maximum absolute atomic E-state index is 13.3. The van der Waals surface area contributed by atoms with Crippen molar-refractivity contribution in [1.82, 2.24) is 4.90 Å². The summed E-state index contributed by atoms with van der Waals surface area (Å²) in [6, 6.07) is 10.8. The average molecular weight is 453 g/mol. The number of hydrogen-bond acceptors (Lipinski definition) is 4. The second-order valence-electron chi connectivity index (χ2n) is 7.79. The Morgan fingerprint density at radius 1 is 1.13 bits per heavy atom. The Balaban J connectivity index is 1.75. The third-order valence-corrected chi connectivity index (χ3v) is 6.82. The zero-order chi connectivity index (χ0) is 21.7. The van der Waals surface area contributed by atoms with E-state index in [0.29, 0.717) is 6.54 Å². The van der Waals surface area contributed by atoms with Crippen molar-refractivity contribution < 1.29 is 17.6 Å². The number of carbonyl (C=O) groups is 1. The predicted octanol–water partition coefficient (Wildman–Crippen LogP) is 4.66. The summed E-state index contributed by atoms with van der Waals surface area (Å²) >= 11 is 6.16. The van der Waals surface area contributed by atoms with Gasteiger partial charge in [0.05, 0.1) is 22.2 Å². The standard InChI is InChI=1S/C22H26ClFN2O3S/c1-30(28,29)19-11-12-20(23)21(13-19)25-22(27)15-26(18-5-3-2-4-6-18)14-16-7-9-17(24)10-8-16/h7-13,18H,2-6,14-15H2,1H3,(H,25,27). The Kier molecular flexibility index (Phi) is 7.50. The van der Waals surface area contributed by atoms with Gasteiger partial charge in [0.15, 0.2) is 9.84 Å². The molecule has 3 rings (SSSR count). The molecule has 1 amide bonds. The highest BCUT2D eigenvalue weighted by molar-refractivity contribution is 7.90. The van der Waals surface area contributed by atoms with Crippen LogP contribution in [0.3, 0.4) is 0 Å². The lowest BCUT2D eigenvalue weighted by molar-refractivity contribution is -0.118. The predicted molar refractivity (Wildman–Crippen MR) is 117 cm³/mol. The van der Waals surface area contributed by atoms with E-state index in [2.05, 4.69) is 10.2 Å². The lowest BCUT2D eigenvalue weighted by Gasteiger charge is -2.34. The fraction of sp³-hybridized carbons (Fsp3) is 0.409. The second-order valence-corrected chi connectivity index (χ2v) is 10.2. The van der Waals surface area contributed by atoms with Crippen molar-refractivity contribution in [2.45, 2.75) is 49.6 Å². The van der Waals surface area contributed by atoms with E-state index in [-0.39, 0.29) is 39.9 Å². The molecule has 0 atom stereocenters. The number of nitrogens with one attached hydrogen (secondary N) is 1. The molecule has 1 saturated carbocycles. The van der Waals surface area contributed by atoms with Crippen LogP contribution in [0.4, 0.5) is 10.1 Å². The van der Waals surface area contributed by atoms with E-state index in [4.69, 9.17) is 11.6 Å². The van der Waals surface area contributed by atoms with Gasteiger partial charge in [-0.3, -0.25) is 9.69 Å². The van der Waals surface area contributed by atoms with Gasteiger partial charge in [-0.1, -0.05) is 43.0 Å². The van der Waals surface area contributed by atoms with Gasteiger partial charge >= 0.3 is 0 Å². The number of sulfone groups is 1. The molecule has 0 saturated heterocycles. The summed E-state index contributed by atoms with van der Waals surface area (Å²) in [6.45, 7) is 0.678. The van der Waals surface area contributed by atoms with E-state index in [1.54, 1.807) is 12.1 Å². The van der Waals surface area contributed by atoms with Gasteiger partial charge in [0.2, 0.25) is 5.91 Å². The van der Waals surface area contributed by atoms with E-state index in [1.165, 1.54) is 36.8 Å². The minimum Gasteiger partial charge on any atom is -0.324 e. The molecule has 0 heterocycles. The van der Waals surface area contributed by atoms with Crippen LogP contribution in [0.15, 0.2) is 47.4 Å². The normalized spacial score (nSPS) is 15.3. The Morgan fingerprint density at radius 3 is 2.43 bits per heavy atom. The van der Waals surface area contributed by atoms with Crippen molar-refractivity contribution in [2.24, 2.45) is 0 Å². The van der Waals surface area contributed by atoms with Crippen LogP contribution in [0, 0.1) is 5.82 Å². The van der Waals surface area contributed by atoms with Crippen molar-refractivity contribution in [3.63, 3.8) is 0 Å². The average Bonchev–Trinajstić information content (AvgIpc) is 2.70. The summed E-state index contributed by atoms with van der Waals surface area (Å²) in [5, 5.41) is 3.03. The van der Waals surface area contributed by atoms with E-state index in [1.807, 2.05) is 0 Å². The van der Waals surface area contributed by atoms with Crippen LogP contribution in [-0.2, 0) is 21.2 Å². The molecule has 5 nitrogen and oxygen atoms in total. The molecule has 0 unspecified atom stereocenters. The number of anilines is 1. The first-order valence-corrected chi connectivity index (χ1v) is 12.3. The number of rotatable bonds is 7. The molecule has 2 aromatic rings. The number of hydrogen-bond donors (Lipinski definition) is 1. The van der Waals surface area contributed by atoms with Gasteiger partial charge in [0.25, 0.3) is 0 Å². The van der Waals surface area contributed by atoms with E-state index in [0.717, 1.165) is 37.5 Å². The summed E-state index contributed by atoms with van der Waals surface area (Å²) in [6.07, 6.45) is 6.57. The summed E-state index contributed by atoms with van der Waals surface area (Å²) in [5.74, 6) is -0.559. The maximum atomic E-state index is 13.3. The number of nitrogens with zero attached hydrogens (tertiary/aromatic N) is 1. The summed E-state index contributed by atoms with van der Waals surface area (Å²) in [5.41, 5.74) is 1.21. The topological polar surface area (TPSA) is 66.5 Å². The number of benzene rings is 2. The van der Waals surface area contributed by atoms with Crippen molar-refractivity contribution in [3.05, 3.63) is 58.9 Å². The summed E-state index contributed by atoms with van der Waals surface area (Å²) in [7, 11) is -3.41. The highest BCUT2D eigenvalue weighted by Gasteiger charge is 2.24. The molecule has 1 aliphatic carbocycles. The Morgan fingerprint density at radius 2 is 1.80 bits per heavy atom. The molecule has 1 fully saturated rings.